The van der Waals surface area contributed by atoms with E-state index in [1.165, 1.54) is 12.1 Å². The van der Waals surface area contributed by atoms with Crippen LogP contribution in [0.15, 0.2) is 65.7 Å². The Morgan fingerprint density at radius 3 is 2.61 bits per heavy atom. The molecule has 1 N–H and O–H groups in total. The number of aliphatic imine (C=N–C) groups is 1. The number of carboxylic acids is 1. The van der Waals surface area contributed by atoms with Gasteiger partial charge in [-0.3, -0.25) is 9.79 Å². The molecule has 6 nitrogen and oxygen atoms in total. The molecule has 0 radical (unpaired) electrons. The van der Waals surface area contributed by atoms with Crippen molar-refractivity contribution in [2.24, 2.45) is 4.99 Å². The first-order valence-electron chi connectivity index (χ1n) is 10.6. The van der Waals surface area contributed by atoms with Gasteiger partial charge >= 0.3 is 5.97 Å². The Morgan fingerprint density at radius 1 is 1.09 bits per heavy atom. The van der Waals surface area contributed by atoms with Gasteiger partial charge in [-0.05, 0) is 53.9 Å². The van der Waals surface area contributed by atoms with Crippen molar-refractivity contribution >= 4 is 17.6 Å². The Kier molecular flexibility index (Phi) is 6.22. The summed E-state index contributed by atoms with van der Waals surface area (Å²) >= 11 is 0. The third kappa shape index (κ3) is 4.48. The van der Waals surface area contributed by atoms with Crippen LogP contribution in [-0.2, 0) is 17.9 Å². The second-order valence-electron chi connectivity index (χ2n) is 7.73. The van der Waals surface area contributed by atoms with Crippen molar-refractivity contribution in [1.82, 2.24) is 4.90 Å². The van der Waals surface area contributed by atoms with Crippen LogP contribution in [0.3, 0.4) is 0 Å². The number of hydrogen-bond acceptors (Lipinski definition) is 4. The molecular weight excluding hydrogens is 423 g/mol. The molecule has 0 spiro atoms. The molecule has 1 heterocycles. The molecule has 1 aliphatic rings. The van der Waals surface area contributed by atoms with Gasteiger partial charge in [-0.2, -0.15) is 0 Å². The lowest BCUT2D eigenvalue weighted by Crippen LogP contribution is -2.27. The van der Waals surface area contributed by atoms with E-state index in [9.17, 15) is 19.1 Å². The van der Waals surface area contributed by atoms with Crippen LogP contribution in [0.2, 0.25) is 0 Å². The number of fused-ring (bicyclic) bond motifs is 1. The molecule has 33 heavy (non-hydrogen) atoms. The molecule has 0 saturated carbocycles. The van der Waals surface area contributed by atoms with Crippen LogP contribution in [0.4, 0.5) is 4.39 Å². The number of aliphatic carboxylic acids is 1. The van der Waals surface area contributed by atoms with E-state index < -0.39 is 5.97 Å². The summed E-state index contributed by atoms with van der Waals surface area (Å²) in [7, 11) is 1.69. The van der Waals surface area contributed by atoms with Crippen molar-refractivity contribution in [2.45, 2.75) is 20.0 Å². The Bertz CT molecular complexity index is 1270. The molecular formula is C26H23FN2O4. The third-order valence-electron chi connectivity index (χ3n) is 5.54. The normalized spacial score (nSPS) is 12.2. The van der Waals surface area contributed by atoms with Crippen LogP contribution in [0, 0.1) is 5.82 Å². The average Bonchev–Trinajstić information content (AvgIpc) is 3.24. The van der Waals surface area contributed by atoms with Crippen molar-refractivity contribution in [3.05, 3.63) is 88.7 Å². The van der Waals surface area contributed by atoms with E-state index in [0.29, 0.717) is 41.2 Å². The summed E-state index contributed by atoms with van der Waals surface area (Å²) in [6.45, 7) is 2.84. The van der Waals surface area contributed by atoms with Gasteiger partial charge < -0.3 is 14.7 Å². The molecule has 0 atom stereocenters. The predicted molar refractivity (Wildman–Crippen MR) is 123 cm³/mol. The number of hydrogen-bond donors (Lipinski definition) is 1. The van der Waals surface area contributed by atoms with Crippen LogP contribution in [0.5, 0.6) is 5.75 Å². The highest BCUT2D eigenvalue weighted by Gasteiger charge is 2.25. The molecule has 0 aliphatic carbocycles. The summed E-state index contributed by atoms with van der Waals surface area (Å²) < 4.78 is 19.5. The van der Waals surface area contributed by atoms with Crippen molar-refractivity contribution in [3.8, 4) is 16.9 Å². The minimum absolute atomic E-state index is 0.0510. The van der Waals surface area contributed by atoms with Gasteiger partial charge in [-0.15, -0.1) is 0 Å². The first-order chi connectivity index (χ1) is 15.9. The number of ether oxygens (including phenoxy) is 1. The number of amides is 1. The predicted octanol–water partition coefficient (Wildman–Crippen LogP) is 4.55. The summed E-state index contributed by atoms with van der Waals surface area (Å²) in [4.78, 5) is 30.3. The fourth-order valence-electron chi connectivity index (χ4n) is 3.99. The van der Waals surface area contributed by atoms with Crippen molar-refractivity contribution in [3.63, 3.8) is 0 Å². The van der Waals surface area contributed by atoms with Gasteiger partial charge in [0.05, 0.1) is 13.2 Å². The number of rotatable bonds is 7. The zero-order chi connectivity index (χ0) is 23.5. The van der Waals surface area contributed by atoms with Crippen molar-refractivity contribution < 1.29 is 23.8 Å². The summed E-state index contributed by atoms with van der Waals surface area (Å²) in [5.74, 6) is -1.11. The lowest BCUT2D eigenvalue weighted by Gasteiger charge is -2.20. The SMILES string of the molecule is CCOc1cc(C(=O)N(C)Cc2cccc3c2CN=C3C(=O)O)ccc1-c1cccc(F)c1. The van der Waals surface area contributed by atoms with Crippen LogP contribution in [0.1, 0.15) is 34.0 Å². The number of carbonyl (C=O) groups excluding carboxylic acids is 1. The fraction of sp³-hybridized carbons (Fsp3) is 0.192. The van der Waals surface area contributed by atoms with Gasteiger partial charge in [0.15, 0.2) is 5.71 Å². The maximum Gasteiger partial charge on any atom is 0.354 e. The van der Waals surface area contributed by atoms with E-state index in [-0.39, 0.29) is 24.0 Å². The Labute approximate surface area is 191 Å². The van der Waals surface area contributed by atoms with Gasteiger partial charge in [0.2, 0.25) is 0 Å². The molecule has 0 bridgehead atoms. The monoisotopic (exact) mass is 446 g/mol. The van der Waals surface area contributed by atoms with Gasteiger partial charge in [-0.1, -0.05) is 30.3 Å². The van der Waals surface area contributed by atoms with Crippen LogP contribution < -0.4 is 4.74 Å². The minimum atomic E-state index is -1.06. The highest BCUT2D eigenvalue weighted by Crippen LogP contribution is 2.32. The van der Waals surface area contributed by atoms with Gasteiger partial charge in [0, 0.05) is 30.3 Å². The average molecular weight is 446 g/mol. The Hall–Kier alpha value is -4.00. The van der Waals surface area contributed by atoms with E-state index in [4.69, 9.17) is 4.74 Å². The number of carboxylic acid groups (broad SMARTS) is 1. The third-order valence-corrected chi connectivity index (χ3v) is 5.54. The van der Waals surface area contributed by atoms with Crippen molar-refractivity contribution in [2.75, 3.05) is 13.7 Å². The molecule has 0 aromatic heterocycles. The molecule has 4 rings (SSSR count). The number of benzene rings is 3. The number of halogens is 1. The van der Waals surface area contributed by atoms with Gasteiger partial charge in [0.25, 0.3) is 5.91 Å². The summed E-state index contributed by atoms with van der Waals surface area (Å²) in [6.07, 6.45) is 0. The zero-order valence-corrected chi connectivity index (χ0v) is 18.3. The Balaban J connectivity index is 1.59. The topological polar surface area (TPSA) is 79.2 Å². The van der Waals surface area contributed by atoms with E-state index in [1.54, 1.807) is 54.4 Å². The summed E-state index contributed by atoms with van der Waals surface area (Å²) in [6, 6.07) is 16.7. The van der Waals surface area contributed by atoms with Crippen LogP contribution in [-0.4, -0.2) is 41.2 Å². The minimum Gasteiger partial charge on any atom is -0.493 e. The summed E-state index contributed by atoms with van der Waals surface area (Å²) in [5.41, 5.74) is 4.13. The zero-order valence-electron chi connectivity index (χ0n) is 18.3. The number of carbonyl (C=O) groups is 2. The second-order valence-corrected chi connectivity index (χ2v) is 7.73. The van der Waals surface area contributed by atoms with E-state index >= 15 is 0 Å². The molecule has 0 saturated heterocycles. The smallest absolute Gasteiger partial charge is 0.354 e. The lowest BCUT2D eigenvalue weighted by molar-refractivity contribution is -0.129. The summed E-state index contributed by atoms with van der Waals surface area (Å²) in [5, 5.41) is 9.33. The molecule has 3 aromatic rings. The fourth-order valence-corrected chi connectivity index (χ4v) is 3.99. The molecule has 1 aliphatic heterocycles. The van der Waals surface area contributed by atoms with Gasteiger partial charge in [-0.25, -0.2) is 9.18 Å². The molecule has 1 amide bonds. The highest BCUT2D eigenvalue weighted by atomic mass is 19.1. The largest absolute Gasteiger partial charge is 0.493 e. The quantitative estimate of drug-likeness (QED) is 0.578. The molecule has 0 unspecified atom stereocenters. The first kappa shape index (κ1) is 22.2. The van der Waals surface area contributed by atoms with Crippen LogP contribution in [0.25, 0.3) is 11.1 Å². The number of nitrogens with zero attached hydrogens (tertiary/aromatic N) is 2. The molecule has 168 valence electrons. The highest BCUT2D eigenvalue weighted by molar-refractivity contribution is 6.43. The maximum atomic E-state index is 13.7. The van der Waals surface area contributed by atoms with Crippen LogP contribution >= 0.6 is 0 Å². The molecule has 7 heteroatoms. The maximum absolute atomic E-state index is 13.7. The standard InChI is InChI=1S/C26H23FN2O4/c1-3-33-23-13-17(10-11-20(23)16-6-4-8-19(27)12-16)25(30)29(2)15-18-7-5-9-21-22(18)14-28-24(21)26(31)32/h4-13H,3,14-15H2,1-2H3,(H,31,32). The van der Waals surface area contributed by atoms with E-state index in [2.05, 4.69) is 4.99 Å². The second kappa shape index (κ2) is 9.24. The van der Waals surface area contributed by atoms with Crippen molar-refractivity contribution in [1.29, 1.82) is 0 Å². The Morgan fingerprint density at radius 2 is 1.88 bits per heavy atom. The van der Waals surface area contributed by atoms with Gasteiger partial charge in [0.1, 0.15) is 11.6 Å². The molecule has 3 aromatic carbocycles. The first-order valence-corrected chi connectivity index (χ1v) is 10.6. The lowest BCUT2D eigenvalue weighted by atomic mass is 9.99. The van der Waals surface area contributed by atoms with E-state index in [0.717, 1.165) is 11.1 Å². The molecule has 0 fully saturated rings. The van der Waals surface area contributed by atoms with E-state index in [1.807, 2.05) is 13.0 Å².